The Morgan fingerprint density at radius 2 is 2.00 bits per heavy atom. The van der Waals surface area contributed by atoms with E-state index in [1.54, 1.807) is 6.07 Å². The fraction of sp³-hybridized carbons (Fsp3) is 0.538. The van der Waals surface area contributed by atoms with E-state index in [4.69, 9.17) is 10.5 Å². The third-order valence-corrected chi connectivity index (χ3v) is 3.70. The van der Waals surface area contributed by atoms with Crippen LogP contribution in [0.2, 0.25) is 0 Å². The molecule has 0 saturated heterocycles. The highest BCUT2D eigenvalue weighted by atomic mass is 32.2. The first-order valence-electron chi connectivity index (χ1n) is 6.03. The van der Waals surface area contributed by atoms with Gasteiger partial charge >= 0.3 is 0 Å². The Balaban J connectivity index is 2.64. The predicted molar refractivity (Wildman–Crippen MR) is 73.5 cm³/mol. The zero-order chi connectivity index (χ0) is 13.8. The van der Waals surface area contributed by atoms with Gasteiger partial charge in [0, 0.05) is 6.26 Å². The van der Waals surface area contributed by atoms with Crippen LogP contribution in [0.4, 0.5) is 5.69 Å². The lowest BCUT2D eigenvalue weighted by molar-refractivity contribution is 0.299. The second-order valence-corrected chi connectivity index (χ2v) is 6.87. The maximum Gasteiger partial charge on any atom is 0.175 e. The molecule has 0 bridgehead atoms. The van der Waals surface area contributed by atoms with Crippen LogP contribution < -0.4 is 10.5 Å². The summed E-state index contributed by atoms with van der Waals surface area (Å²) >= 11 is 0. The molecule has 18 heavy (non-hydrogen) atoms. The summed E-state index contributed by atoms with van der Waals surface area (Å²) in [4.78, 5) is 0.217. The van der Waals surface area contributed by atoms with Gasteiger partial charge in [0.05, 0.1) is 17.2 Å². The maximum absolute atomic E-state index is 11.3. The largest absolute Gasteiger partial charge is 0.491 e. The predicted octanol–water partition coefficient (Wildman–Crippen LogP) is 2.49. The Labute approximate surface area is 109 Å². The number of ether oxygens (including phenoxy) is 1. The van der Waals surface area contributed by atoms with Crippen molar-refractivity contribution in [1.82, 2.24) is 0 Å². The van der Waals surface area contributed by atoms with E-state index >= 15 is 0 Å². The molecule has 0 aliphatic heterocycles. The van der Waals surface area contributed by atoms with Crippen LogP contribution in [0, 0.1) is 5.92 Å². The van der Waals surface area contributed by atoms with Crippen molar-refractivity contribution in [3.8, 4) is 5.75 Å². The summed E-state index contributed by atoms with van der Waals surface area (Å²) in [5, 5.41) is 0. The molecule has 0 saturated carbocycles. The van der Waals surface area contributed by atoms with Crippen LogP contribution in [0.25, 0.3) is 0 Å². The topological polar surface area (TPSA) is 69.4 Å². The van der Waals surface area contributed by atoms with Crippen LogP contribution in [0.5, 0.6) is 5.75 Å². The summed E-state index contributed by atoms with van der Waals surface area (Å²) in [5.74, 6) is 1.20. The molecule has 0 fully saturated rings. The molecule has 1 aromatic rings. The number of rotatable bonds is 6. The molecule has 1 rings (SSSR count). The first-order chi connectivity index (χ1) is 8.30. The van der Waals surface area contributed by atoms with Gasteiger partial charge in [-0.25, -0.2) is 8.42 Å². The van der Waals surface area contributed by atoms with E-state index in [1.807, 2.05) is 0 Å². The second-order valence-electron chi connectivity index (χ2n) is 4.86. The molecule has 0 heterocycles. The second kappa shape index (κ2) is 6.09. The summed E-state index contributed by atoms with van der Waals surface area (Å²) in [6.07, 6.45) is 3.22. The van der Waals surface area contributed by atoms with Crippen LogP contribution >= 0.6 is 0 Å². The smallest absolute Gasteiger partial charge is 0.175 e. The molecule has 0 aliphatic rings. The molecule has 2 N–H and O–H groups in total. The van der Waals surface area contributed by atoms with Gasteiger partial charge < -0.3 is 10.5 Å². The quantitative estimate of drug-likeness (QED) is 0.637. The minimum atomic E-state index is -3.21. The molecule has 0 atom stereocenters. The number of sulfone groups is 1. The lowest BCUT2D eigenvalue weighted by Gasteiger charge is -2.10. The fourth-order valence-corrected chi connectivity index (χ4v) is 2.22. The van der Waals surface area contributed by atoms with Crippen molar-refractivity contribution in [3.63, 3.8) is 0 Å². The normalized spacial score (nSPS) is 11.8. The van der Waals surface area contributed by atoms with E-state index in [9.17, 15) is 8.42 Å². The molecule has 102 valence electrons. The Morgan fingerprint density at radius 3 is 2.50 bits per heavy atom. The third kappa shape index (κ3) is 4.56. The van der Waals surface area contributed by atoms with Crippen LogP contribution in [0.3, 0.4) is 0 Å². The highest BCUT2D eigenvalue weighted by molar-refractivity contribution is 7.90. The van der Waals surface area contributed by atoms with E-state index in [2.05, 4.69) is 13.8 Å². The van der Waals surface area contributed by atoms with Crippen molar-refractivity contribution in [1.29, 1.82) is 0 Å². The van der Waals surface area contributed by atoms with Crippen molar-refractivity contribution in [2.24, 2.45) is 5.92 Å². The SMILES string of the molecule is CC(C)CCCOc1ccc(S(C)(=O)=O)cc1N. The van der Waals surface area contributed by atoms with Crippen molar-refractivity contribution in [3.05, 3.63) is 18.2 Å². The first kappa shape index (κ1) is 14.8. The van der Waals surface area contributed by atoms with Gasteiger partial charge in [-0.3, -0.25) is 0 Å². The maximum atomic E-state index is 11.3. The Kier molecular flexibility index (Phi) is 5.02. The van der Waals surface area contributed by atoms with Gasteiger partial charge in [0.15, 0.2) is 9.84 Å². The average Bonchev–Trinajstić information content (AvgIpc) is 2.24. The van der Waals surface area contributed by atoms with E-state index in [1.165, 1.54) is 12.1 Å². The highest BCUT2D eigenvalue weighted by Gasteiger charge is 2.10. The van der Waals surface area contributed by atoms with E-state index < -0.39 is 9.84 Å². The molecular formula is C13H21NO3S. The van der Waals surface area contributed by atoms with Crippen LogP contribution in [-0.2, 0) is 9.84 Å². The molecule has 0 amide bonds. The van der Waals surface area contributed by atoms with Gasteiger partial charge in [0.1, 0.15) is 5.75 Å². The lowest BCUT2D eigenvalue weighted by atomic mass is 10.1. The van der Waals surface area contributed by atoms with Gasteiger partial charge in [-0.2, -0.15) is 0 Å². The van der Waals surface area contributed by atoms with Gasteiger partial charge in [-0.1, -0.05) is 13.8 Å². The summed E-state index contributed by atoms with van der Waals surface area (Å²) in [7, 11) is -3.21. The molecule has 0 radical (unpaired) electrons. The van der Waals surface area contributed by atoms with Crippen molar-refractivity contribution in [2.75, 3.05) is 18.6 Å². The standard InChI is InChI=1S/C13H21NO3S/c1-10(2)5-4-8-17-13-7-6-11(9-12(13)14)18(3,15)16/h6-7,9-10H,4-5,8,14H2,1-3H3. The number of benzene rings is 1. The Morgan fingerprint density at radius 1 is 1.33 bits per heavy atom. The van der Waals surface area contributed by atoms with Crippen molar-refractivity contribution >= 4 is 15.5 Å². The molecule has 0 unspecified atom stereocenters. The zero-order valence-corrected chi connectivity index (χ0v) is 12.0. The average molecular weight is 271 g/mol. The number of hydrogen-bond acceptors (Lipinski definition) is 4. The molecule has 1 aromatic carbocycles. The van der Waals surface area contributed by atoms with Gasteiger partial charge in [-0.05, 0) is 37.0 Å². The van der Waals surface area contributed by atoms with E-state index in [-0.39, 0.29) is 4.90 Å². The monoisotopic (exact) mass is 271 g/mol. The van der Waals surface area contributed by atoms with Crippen LogP contribution in [0.1, 0.15) is 26.7 Å². The lowest BCUT2D eigenvalue weighted by Crippen LogP contribution is -2.04. The molecule has 0 aromatic heterocycles. The van der Waals surface area contributed by atoms with Gasteiger partial charge in [0.2, 0.25) is 0 Å². The first-order valence-corrected chi connectivity index (χ1v) is 7.92. The Bertz CT molecular complexity index is 495. The van der Waals surface area contributed by atoms with E-state index in [0.717, 1.165) is 19.1 Å². The molecule has 0 spiro atoms. The van der Waals surface area contributed by atoms with Crippen molar-refractivity contribution < 1.29 is 13.2 Å². The van der Waals surface area contributed by atoms with Crippen LogP contribution in [-0.4, -0.2) is 21.3 Å². The summed E-state index contributed by atoms with van der Waals surface area (Å²) in [5.41, 5.74) is 6.13. The molecule has 5 heteroatoms. The summed E-state index contributed by atoms with van der Waals surface area (Å²) in [6, 6.07) is 4.57. The number of anilines is 1. The zero-order valence-electron chi connectivity index (χ0n) is 11.1. The van der Waals surface area contributed by atoms with Gasteiger partial charge in [-0.15, -0.1) is 0 Å². The number of nitrogen functional groups attached to an aromatic ring is 1. The Hall–Kier alpha value is -1.23. The minimum Gasteiger partial charge on any atom is -0.491 e. The van der Waals surface area contributed by atoms with E-state index in [0.29, 0.717) is 24.0 Å². The third-order valence-electron chi connectivity index (χ3n) is 2.59. The highest BCUT2D eigenvalue weighted by Crippen LogP contribution is 2.25. The summed E-state index contributed by atoms with van der Waals surface area (Å²) in [6.45, 7) is 4.92. The van der Waals surface area contributed by atoms with Crippen molar-refractivity contribution in [2.45, 2.75) is 31.6 Å². The van der Waals surface area contributed by atoms with Crippen LogP contribution in [0.15, 0.2) is 23.1 Å². The fourth-order valence-electron chi connectivity index (χ4n) is 1.56. The number of nitrogens with two attached hydrogens (primary N) is 1. The molecule has 4 nitrogen and oxygen atoms in total. The minimum absolute atomic E-state index is 0.217. The summed E-state index contributed by atoms with van der Waals surface area (Å²) < 4.78 is 28.2. The van der Waals surface area contributed by atoms with Gasteiger partial charge in [0.25, 0.3) is 0 Å². The number of hydrogen-bond donors (Lipinski definition) is 1. The molecule has 0 aliphatic carbocycles. The molecular weight excluding hydrogens is 250 g/mol.